The van der Waals surface area contributed by atoms with Crippen molar-refractivity contribution in [1.29, 1.82) is 0 Å². The van der Waals surface area contributed by atoms with Gasteiger partial charge >= 0.3 is 5.97 Å². The molecule has 1 atom stereocenters. The lowest BCUT2D eigenvalue weighted by Gasteiger charge is -2.25. The second-order valence-electron chi connectivity index (χ2n) is 6.73. The van der Waals surface area contributed by atoms with E-state index < -0.39 is 5.60 Å². The topological polar surface area (TPSA) is 52.3 Å². The van der Waals surface area contributed by atoms with Gasteiger partial charge in [-0.05, 0) is 52.5 Å². The average molecular weight is 277 g/mol. The third kappa shape index (κ3) is 7.29. The summed E-state index contributed by atoms with van der Waals surface area (Å²) in [5, 5.41) is 0. The van der Waals surface area contributed by atoms with Crippen LogP contribution in [0.3, 0.4) is 0 Å². The van der Waals surface area contributed by atoms with Gasteiger partial charge in [-0.2, -0.15) is 0 Å². The van der Waals surface area contributed by atoms with Crippen LogP contribution in [0.15, 0.2) is 30.3 Å². The molecule has 0 radical (unpaired) electrons. The smallest absolute Gasteiger partial charge is 0.306 e. The molecule has 1 aromatic carbocycles. The van der Waals surface area contributed by atoms with E-state index in [4.69, 9.17) is 10.5 Å². The van der Waals surface area contributed by atoms with E-state index in [0.717, 1.165) is 12.8 Å². The lowest BCUT2D eigenvalue weighted by molar-refractivity contribution is -0.155. The van der Waals surface area contributed by atoms with E-state index in [1.54, 1.807) is 0 Å². The molecule has 0 aromatic heterocycles. The van der Waals surface area contributed by atoms with Crippen molar-refractivity contribution in [2.45, 2.75) is 64.5 Å². The molecule has 0 saturated heterocycles. The molecule has 0 aliphatic carbocycles. The Bertz CT molecular complexity index is 418. The van der Waals surface area contributed by atoms with E-state index >= 15 is 0 Å². The fraction of sp³-hybridized carbons (Fsp3) is 0.588. The van der Waals surface area contributed by atoms with Crippen LogP contribution in [0.4, 0.5) is 0 Å². The fourth-order valence-electron chi connectivity index (χ4n) is 1.98. The molecule has 2 N–H and O–H groups in total. The summed E-state index contributed by atoms with van der Waals surface area (Å²) in [6.45, 7) is 7.63. The van der Waals surface area contributed by atoms with E-state index in [2.05, 4.69) is 12.1 Å². The van der Waals surface area contributed by atoms with Gasteiger partial charge in [0, 0.05) is 12.0 Å². The lowest BCUT2D eigenvalue weighted by Crippen LogP contribution is -2.37. The Kier molecular flexibility index (Phi) is 5.75. The minimum Gasteiger partial charge on any atom is -0.460 e. The maximum atomic E-state index is 11.7. The van der Waals surface area contributed by atoms with Gasteiger partial charge in [-0.15, -0.1) is 0 Å². The van der Waals surface area contributed by atoms with Crippen molar-refractivity contribution < 1.29 is 9.53 Å². The van der Waals surface area contributed by atoms with Gasteiger partial charge in [0.15, 0.2) is 0 Å². The van der Waals surface area contributed by atoms with Crippen molar-refractivity contribution >= 4 is 5.97 Å². The summed E-state index contributed by atoms with van der Waals surface area (Å²) >= 11 is 0. The van der Waals surface area contributed by atoms with Gasteiger partial charge in [-0.3, -0.25) is 4.79 Å². The first kappa shape index (κ1) is 16.7. The van der Waals surface area contributed by atoms with E-state index in [9.17, 15) is 4.79 Å². The first-order chi connectivity index (χ1) is 9.18. The molecule has 3 nitrogen and oxygen atoms in total. The number of benzene rings is 1. The summed E-state index contributed by atoms with van der Waals surface area (Å²) in [7, 11) is 0. The lowest BCUT2D eigenvalue weighted by atomic mass is 9.90. The zero-order valence-electron chi connectivity index (χ0n) is 13.1. The highest BCUT2D eigenvalue weighted by Gasteiger charge is 2.22. The Balaban J connectivity index is 2.36. The zero-order chi connectivity index (χ0) is 15.2. The van der Waals surface area contributed by atoms with Gasteiger partial charge in [0.1, 0.15) is 5.60 Å². The predicted octanol–water partition coefficient (Wildman–Crippen LogP) is 3.46. The molecule has 0 bridgehead atoms. The summed E-state index contributed by atoms with van der Waals surface area (Å²) in [6.07, 6.45) is 2.82. The standard InChI is InChI=1S/C17H27NO2/c1-16(2,3)20-15(19)11-13-17(4,18)12-10-14-8-6-5-7-9-14/h5-9H,10-13,18H2,1-4H3. The third-order valence-electron chi connectivity index (χ3n) is 3.15. The number of nitrogens with two attached hydrogens (primary N) is 1. The molecule has 3 heteroatoms. The number of esters is 1. The monoisotopic (exact) mass is 277 g/mol. The molecule has 112 valence electrons. The molecule has 0 heterocycles. The second kappa shape index (κ2) is 6.89. The maximum Gasteiger partial charge on any atom is 0.306 e. The zero-order valence-corrected chi connectivity index (χ0v) is 13.1. The molecule has 0 fully saturated rings. The highest BCUT2D eigenvalue weighted by molar-refractivity contribution is 5.69. The second-order valence-corrected chi connectivity index (χ2v) is 6.73. The highest BCUT2D eigenvalue weighted by atomic mass is 16.6. The van der Waals surface area contributed by atoms with Crippen LogP contribution in [0.25, 0.3) is 0 Å². The first-order valence-corrected chi connectivity index (χ1v) is 7.23. The molecule has 0 amide bonds. The van der Waals surface area contributed by atoms with Gasteiger partial charge in [0.05, 0.1) is 0 Å². The van der Waals surface area contributed by atoms with Crippen LogP contribution in [0.5, 0.6) is 0 Å². The Morgan fingerprint density at radius 3 is 2.25 bits per heavy atom. The molecule has 1 rings (SSSR count). The Morgan fingerprint density at radius 2 is 1.70 bits per heavy atom. The first-order valence-electron chi connectivity index (χ1n) is 7.23. The van der Waals surface area contributed by atoms with Crippen molar-refractivity contribution in [2.75, 3.05) is 0 Å². The van der Waals surface area contributed by atoms with Gasteiger partial charge in [0.25, 0.3) is 0 Å². The molecule has 0 spiro atoms. The van der Waals surface area contributed by atoms with Gasteiger partial charge < -0.3 is 10.5 Å². The predicted molar refractivity (Wildman–Crippen MR) is 82.4 cm³/mol. The van der Waals surface area contributed by atoms with Crippen LogP contribution in [0.2, 0.25) is 0 Å². The quantitative estimate of drug-likeness (QED) is 0.810. The number of ether oxygens (including phenoxy) is 1. The molecule has 20 heavy (non-hydrogen) atoms. The van der Waals surface area contributed by atoms with Crippen LogP contribution < -0.4 is 5.73 Å². The van der Waals surface area contributed by atoms with Gasteiger partial charge in [-0.25, -0.2) is 0 Å². The number of aryl methyl sites for hydroxylation is 1. The maximum absolute atomic E-state index is 11.7. The van der Waals surface area contributed by atoms with Crippen LogP contribution in [-0.4, -0.2) is 17.1 Å². The summed E-state index contributed by atoms with van der Waals surface area (Å²) in [6, 6.07) is 10.3. The fourth-order valence-corrected chi connectivity index (χ4v) is 1.98. The molecule has 0 aliphatic rings. The molecule has 0 saturated carbocycles. The largest absolute Gasteiger partial charge is 0.460 e. The minimum absolute atomic E-state index is 0.172. The summed E-state index contributed by atoms with van der Waals surface area (Å²) in [5.74, 6) is -0.172. The normalized spacial score (nSPS) is 14.7. The Labute approximate surface area is 122 Å². The number of rotatable bonds is 6. The van der Waals surface area contributed by atoms with E-state index in [-0.39, 0.29) is 11.5 Å². The summed E-state index contributed by atoms with van der Waals surface area (Å²) in [4.78, 5) is 11.7. The Morgan fingerprint density at radius 1 is 1.10 bits per heavy atom. The SMILES string of the molecule is CC(N)(CCC(=O)OC(C)(C)C)CCc1ccccc1. The van der Waals surface area contributed by atoms with Gasteiger partial charge in [-0.1, -0.05) is 30.3 Å². The number of carbonyl (C=O) groups excluding carboxylic acids is 1. The minimum atomic E-state index is -0.424. The number of hydrogen-bond donors (Lipinski definition) is 1. The van der Waals surface area contributed by atoms with E-state index in [1.165, 1.54) is 5.56 Å². The Hall–Kier alpha value is -1.35. The van der Waals surface area contributed by atoms with Crippen LogP contribution in [0.1, 0.15) is 52.5 Å². The molecular weight excluding hydrogens is 250 g/mol. The number of carbonyl (C=O) groups is 1. The molecule has 1 aromatic rings. The highest BCUT2D eigenvalue weighted by Crippen LogP contribution is 2.18. The molecule has 1 unspecified atom stereocenters. The average Bonchev–Trinajstić information content (AvgIpc) is 2.34. The van der Waals surface area contributed by atoms with Crippen molar-refractivity contribution in [3.8, 4) is 0 Å². The van der Waals surface area contributed by atoms with E-state index in [0.29, 0.717) is 12.8 Å². The number of hydrogen-bond acceptors (Lipinski definition) is 3. The van der Waals surface area contributed by atoms with Gasteiger partial charge in [0.2, 0.25) is 0 Å². The van der Waals surface area contributed by atoms with Crippen molar-refractivity contribution in [3.63, 3.8) is 0 Å². The van der Waals surface area contributed by atoms with Crippen LogP contribution >= 0.6 is 0 Å². The third-order valence-corrected chi connectivity index (χ3v) is 3.15. The van der Waals surface area contributed by atoms with Crippen molar-refractivity contribution in [3.05, 3.63) is 35.9 Å². The van der Waals surface area contributed by atoms with Crippen LogP contribution in [0, 0.1) is 0 Å². The summed E-state index contributed by atoms with van der Waals surface area (Å²) < 4.78 is 5.30. The van der Waals surface area contributed by atoms with Crippen molar-refractivity contribution in [2.24, 2.45) is 5.73 Å². The van der Waals surface area contributed by atoms with E-state index in [1.807, 2.05) is 45.9 Å². The molecule has 0 aliphatic heterocycles. The van der Waals surface area contributed by atoms with Crippen LogP contribution in [-0.2, 0) is 16.0 Å². The molecular formula is C17H27NO2. The summed E-state index contributed by atoms with van der Waals surface area (Å²) in [5.41, 5.74) is 6.78. The van der Waals surface area contributed by atoms with Crippen molar-refractivity contribution in [1.82, 2.24) is 0 Å².